The van der Waals surface area contributed by atoms with Gasteiger partial charge in [-0.2, -0.15) is 0 Å². The van der Waals surface area contributed by atoms with Crippen LogP contribution < -0.4 is 5.32 Å². The first-order chi connectivity index (χ1) is 10.9. The zero-order valence-electron chi connectivity index (χ0n) is 14.1. The van der Waals surface area contributed by atoms with Gasteiger partial charge in [0.05, 0.1) is 6.54 Å². The minimum absolute atomic E-state index is 0.0125. The molecule has 1 aromatic rings. The lowest BCUT2D eigenvalue weighted by Crippen LogP contribution is -2.43. The van der Waals surface area contributed by atoms with E-state index in [1.54, 1.807) is 6.07 Å². The van der Waals surface area contributed by atoms with Gasteiger partial charge in [0.25, 0.3) is 0 Å². The molecule has 0 radical (unpaired) electrons. The van der Waals surface area contributed by atoms with Crippen LogP contribution in [0.1, 0.15) is 51.1 Å². The van der Waals surface area contributed by atoms with E-state index in [1.807, 2.05) is 18.9 Å². The lowest BCUT2D eigenvalue weighted by atomic mass is 9.87. The third kappa shape index (κ3) is 4.99. The fraction of sp³-hybridized carbons (Fsp3) is 0.611. The molecule has 128 valence electrons. The summed E-state index contributed by atoms with van der Waals surface area (Å²) in [5.74, 6) is -0.975. The van der Waals surface area contributed by atoms with Gasteiger partial charge in [-0.1, -0.05) is 13.0 Å². The molecule has 1 aliphatic carbocycles. The lowest BCUT2D eigenvalue weighted by Gasteiger charge is -2.29. The lowest BCUT2D eigenvalue weighted by molar-refractivity contribution is -0.123. The van der Waals surface area contributed by atoms with Crippen molar-refractivity contribution in [2.24, 2.45) is 5.92 Å². The van der Waals surface area contributed by atoms with Crippen molar-refractivity contribution >= 4 is 5.91 Å². The number of benzene rings is 1. The molecule has 1 atom stereocenters. The van der Waals surface area contributed by atoms with Gasteiger partial charge < -0.3 is 5.32 Å². The Hall–Kier alpha value is -1.49. The summed E-state index contributed by atoms with van der Waals surface area (Å²) in [5.41, 5.74) is 0.658. The first kappa shape index (κ1) is 17.9. The molecule has 1 N–H and O–H groups in total. The van der Waals surface area contributed by atoms with Crippen molar-refractivity contribution < 1.29 is 13.6 Å². The zero-order chi connectivity index (χ0) is 17.0. The average Bonchev–Trinajstić information content (AvgIpc) is 2.51. The van der Waals surface area contributed by atoms with Gasteiger partial charge in [-0.3, -0.25) is 9.69 Å². The van der Waals surface area contributed by atoms with Crippen LogP contribution in [-0.4, -0.2) is 30.4 Å². The van der Waals surface area contributed by atoms with Crippen LogP contribution in [-0.2, 0) is 4.79 Å². The van der Waals surface area contributed by atoms with E-state index in [4.69, 9.17) is 0 Å². The van der Waals surface area contributed by atoms with Crippen molar-refractivity contribution in [1.29, 1.82) is 0 Å². The fourth-order valence-electron chi connectivity index (χ4n) is 3.07. The van der Waals surface area contributed by atoms with E-state index in [1.165, 1.54) is 6.07 Å². The highest BCUT2D eigenvalue weighted by atomic mass is 19.2. The Morgan fingerprint density at radius 2 is 1.91 bits per heavy atom. The highest BCUT2D eigenvalue weighted by molar-refractivity contribution is 5.78. The molecular weight excluding hydrogens is 298 g/mol. The van der Waals surface area contributed by atoms with Crippen LogP contribution in [0, 0.1) is 17.6 Å². The molecule has 23 heavy (non-hydrogen) atoms. The van der Waals surface area contributed by atoms with E-state index in [9.17, 15) is 13.6 Å². The monoisotopic (exact) mass is 324 g/mol. The Kier molecular flexibility index (Phi) is 6.10. The summed E-state index contributed by atoms with van der Waals surface area (Å²) >= 11 is 0. The number of hydrogen-bond acceptors (Lipinski definition) is 2. The summed E-state index contributed by atoms with van der Waals surface area (Å²) in [6, 6.07) is 3.97. The van der Waals surface area contributed by atoms with Crippen molar-refractivity contribution in [3.05, 3.63) is 35.4 Å². The minimum Gasteiger partial charge on any atom is -0.352 e. The fourth-order valence-corrected chi connectivity index (χ4v) is 3.07. The number of halogens is 2. The van der Waals surface area contributed by atoms with E-state index in [0.29, 0.717) is 5.56 Å². The number of carbonyl (C=O) groups excluding carboxylic acids is 1. The SMILES string of the molecule is CC1CCC(NC(=O)CN(C)C(C)c2ccc(F)c(F)c2)CC1. The molecule has 0 spiro atoms. The molecule has 1 amide bonds. The highest BCUT2D eigenvalue weighted by Crippen LogP contribution is 2.24. The standard InChI is InChI=1S/C18H26F2N2O/c1-12-4-7-15(8-5-12)21-18(23)11-22(3)13(2)14-6-9-16(19)17(20)10-14/h6,9-10,12-13,15H,4-5,7-8,11H2,1-3H3,(H,21,23). The number of likely N-dealkylation sites (N-methyl/N-ethyl adjacent to an activating group) is 1. The van der Waals surface area contributed by atoms with E-state index in [2.05, 4.69) is 12.2 Å². The largest absolute Gasteiger partial charge is 0.352 e. The first-order valence-electron chi connectivity index (χ1n) is 8.31. The van der Waals surface area contributed by atoms with E-state index in [0.717, 1.165) is 37.7 Å². The second-order valence-electron chi connectivity index (χ2n) is 6.79. The Bertz CT molecular complexity index is 542. The average molecular weight is 324 g/mol. The van der Waals surface area contributed by atoms with Crippen LogP contribution in [0.5, 0.6) is 0 Å². The molecular formula is C18H26F2N2O. The number of amides is 1. The van der Waals surface area contributed by atoms with Crippen LogP contribution in [0.15, 0.2) is 18.2 Å². The summed E-state index contributed by atoms with van der Waals surface area (Å²) in [6.45, 7) is 4.36. The predicted octanol–water partition coefficient (Wildman–Crippen LogP) is 3.65. The van der Waals surface area contributed by atoms with Crippen molar-refractivity contribution in [2.45, 2.75) is 51.6 Å². The molecule has 0 aromatic heterocycles. The van der Waals surface area contributed by atoms with Gasteiger partial charge in [0.1, 0.15) is 0 Å². The maximum Gasteiger partial charge on any atom is 0.234 e. The molecule has 1 aliphatic rings. The van der Waals surface area contributed by atoms with E-state index < -0.39 is 11.6 Å². The van der Waals surface area contributed by atoms with E-state index >= 15 is 0 Å². The third-order valence-electron chi connectivity index (χ3n) is 4.86. The molecule has 0 aliphatic heterocycles. The summed E-state index contributed by atoms with van der Waals surface area (Å²) in [5, 5.41) is 3.08. The summed E-state index contributed by atoms with van der Waals surface area (Å²) in [6.07, 6.45) is 4.39. The first-order valence-corrected chi connectivity index (χ1v) is 8.31. The molecule has 0 heterocycles. The Morgan fingerprint density at radius 1 is 1.26 bits per heavy atom. The Morgan fingerprint density at radius 3 is 2.52 bits per heavy atom. The molecule has 0 bridgehead atoms. The number of rotatable bonds is 5. The van der Waals surface area contributed by atoms with Gasteiger partial charge in [-0.05, 0) is 63.3 Å². The van der Waals surface area contributed by atoms with Crippen molar-refractivity contribution in [3.8, 4) is 0 Å². The van der Waals surface area contributed by atoms with Gasteiger partial charge in [0.2, 0.25) is 5.91 Å². The Balaban J connectivity index is 1.86. The van der Waals surface area contributed by atoms with Crippen LogP contribution in [0.25, 0.3) is 0 Å². The highest BCUT2D eigenvalue weighted by Gasteiger charge is 2.21. The quantitative estimate of drug-likeness (QED) is 0.896. The summed E-state index contributed by atoms with van der Waals surface area (Å²) < 4.78 is 26.3. The molecule has 5 heteroatoms. The van der Waals surface area contributed by atoms with Gasteiger partial charge >= 0.3 is 0 Å². The molecule has 1 saturated carbocycles. The number of carbonyl (C=O) groups is 1. The van der Waals surface area contributed by atoms with Gasteiger partial charge in [0.15, 0.2) is 11.6 Å². The van der Waals surface area contributed by atoms with Crippen LogP contribution in [0.2, 0.25) is 0 Å². The van der Waals surface area contributed by atoms with Crippen LogP contribution >= 0.6 is 0 Å². The number of nitrogens with one attached hydrogen (secondary N) is 1. The van der Waals surface area contributed by atoms with Crippen molar-refractivity contribution in [2.75, 3.05) is 13.6 Å². The molecule has 1 aromatic carbocycles. The maximum absolute atomic E-state index is 13.3. The normalized spacial score (nSPS) is 22.9. The number of hydrogen-bond donors (Lipinski definition) is 1. The zero-order valence-corrected chi connectivity index (χ0v) is 14.1. The van der Waals surface area contributed by atoms with E-state index in [-0.39, 0.29) is 24.5 Å². The second kappa shape index (κ2) is 7.86. The third-order valence-corrected chi connectivity index (χ3v) is 4.86. The minimum atomic E-state index is -0.858. The Labute approximate surface area is 137 Å². The smallest absolute Gasteiger partial charge is 0.234 e. The predicted molar refractivity (Wildman–Crippen MR) is 87.0 cm³/mol. The second-order valence-corrected chi connectivity index (χ2v) is 6.79. The van der Waals surface area contributed by atoms with Gasteiger partial charge in [-0.15, -0.1) is 0 Å². The molecule has 1 fully saturated rings. The van der Waals surface area contributed by atoms with Gasteiger partial charge in [-0.25, -0.2) is 8.78 Å². The maximum atomic E-state index is 13.3. The summed E-state index contributed by atoms with van der Waals surface area (Å²) in [4.78, 5) is 14.0. The van der Waals surface area contributed by atoms with Gasteiger partial charge in [0, 0.05) is 12.1 Å². The van der Waals surface area contributed by atoms with Crippen molar-refractivity contribution in [3.63, 3.8) is 0 Å². The van der Waals surface area contributed by atoms with Crippen molar-refractivity contribution in [1.82, 2.24) is 10.2 Å². The summed E-state index contributed by atoms with van der Waals surface area (Å²) in [7, 11) is 1.81. The van der Waals surface area contributed by atoms with Crippen LogP contribution in [0.4, 0.5) is 8.78 Å². The molecule has 0 saturated heterocycles. The molecule has 1 unspecified atom stereocenters. The van der Waals surface area contributed by atoms with Crippen LogP contribution in [0.3, 0.4) is 0 Å². The number of nitrogens with zero attached hydrogens (tertiary/aromatic N) is 1. The molecule has 3 nitrogen and oxygen atoms in total. The topological polar surface area (TPSA) is 32.3 Å². The molecule has 2 rings (SSSR count).